The van der Waals surface area contributed by atoms with Gasteiger partial charge >= 0.3 is 6.03 Å². The first kappa shape index (κ1) is 40.5. The fourth-order valence-corrected chi connectivity index (χ4v) is 8.22. The maximum absolute atomic E-state index is 14.3. The molecule has 0 spiro atoms. The van der Waals surface area contributed by atoms with Crippen LogP contribution in [-0.4, -0.2) is 83.6 Å². The minimum Gasteiger partial charge on any atom is -0.363 e. The van der Waals surface area contributed by atoms with Crippen LogP contribution in [0.15, 0.2) is 0 Å². The highest BCUT2D eigenvalue weighted by atomic mass is 32.2. The van der Waals surface area contributed by atoms with Gasteiger partial charge < -0.3 is 26.6 Å². The largest absolute Gasteiger partial charge is 0.363 e. The lowest BCUT2D eigenvalue weighted by molar-refractivity contribution is -0.144. The molecule has 47 heavy (non-hydrogen) atoms. The molecule has 2 rings (SSSR count). The average Bonchev–Trinajstić information content (AvgIpc) is 3.31. The van der Waals surface area contributed by atoms with E-state index in [0.717, 1.165) is 19.3 Å². The molecule has 1 aliphatic carbocycles. The maximum atomic E-state index is 14.3. The number of sulfone groups is 1. The average molecular weight is 684 g/mol. The Hall–Kier alpha value is -2.70. The highest BCUT2D eigenvalue weighted by Gasteiger charge is 2.48. The monoisotopic (exact) mass is 683 g/mol. The minimum absolute atomic E-state index is 0.0197. The second kappa shape index (κ2) is 15.2. The molecule has 1 heterocycles. The molecule has 2 aliphatic rings. The van der Waals surface area contributed by atoms with Gasteiger partial charge in [-0.25, -0.2) is 13.2 Å². The Balaban J connectivity index is 2.38. The normalized spacial score (nSPS) is 21.9. The zero-order chi connectivity index (χ0) is 36.3. The van der Waals surface area contributed by atoms with E-state index >= 15 is 0 Å². The molecule has 0 aromatic carbocycles. The number of hydrogen-bond donors (Lipinski definition) is 4. The molecule has 12 nitrogen and oxygen atoms in total. The first-order valence-electron chi connectivity index (χ1n) is 17.0. The lowest BCUT2D eigenvalue weighted by Crippen LogP contribution is -2.63. The molecule has 1 saturated carbocycles. The summed E-state index contributed by atoms with van der Waals surface area (Å²) in [6, 6.07) is -3.74. The zero-order valence-corrected chi connectivity index (χ0v) is 31.3. The van der Waals surface area contributed by atoms with Crippen molar-refractivity contribution in [3.05, 3.63) is 0 Å². The molecular weight excluding hydrogens is 622 g/mol. The molecule has 0 aromatic heterocycles. The number of carbonyl (C=O) groups excluding carboxylic acids is 5. The molecule has 13 heteroatoms. The summed E-state index contributed by atoms with van der Waals surface area (Å²) in [6.45, 7) is 20.1. The number of hydrogen-bond acceptors (Lipinski definition) is 7. The lowest BCUT2D eigenvalue weighted by atomic mass is 9.80. The van der Waals surface area contributed by atoms with Gasteiger partial charge in [0, 0.05) is 6.54 Å². The second-order valence-corrected chi connectivity index (χ2v) is 19.7. The molecule has 2 unspecified atom stereocenters. The second-order valence-electron chi connectivity index (χ2n) is 16.9. The number of primary amides is 1. The van der Waals surface area contributed by atoms with Gasteiger partial charge in [0.05, 0.1) is 22.1 Å². The number of nitrogens with one attached hydrogen (secondary N) is 3. The summed E-state index contributed by atoms with van der Waals surface area (Å²) in [5.41, 5.74) is 3.43. The van der Waals surface area contributed by atoms with Gasteiger partial charge in [-0.3, -0.25) is 19.2 Å². The van der Waals surface area contributed by atoms with Crippen molar-refractivity contribution < 1.29 is 32.4 Å². The number of urea groups is 1. The highest BCUT2D eigenvalue weighted by Crippen LogP contribution is 2.35. The smallest absolute Gasteiger partial charge is 0.315 e. The summed E-state index contributed by atoms with van der Waals surface area (Å²) in [7, 11) is -3.61. The molecule has 0 aromatic rings. The molecule has 270 valence electrons. The van der Waals surface area contributed by atoms with Gasteiger partial charge in [-0.05, 0) is 76.0 Å². The van der Waals surface area contributed by atoms with Crippen molar-refractivity contribution in [3.8, 4) is 0 Å². The van der Waals surface area contributed by atoms with Gasteiger partial charge in [0.15, 0.2) is 9.84 Å². The summed E-state index contributed by atoms with van der Waals surface area (Å²) in [5, 5.41) is 8.47. The van der Waals surface area contributed by atoms with Crippen molar-refractivity contribution in [1.82, 2.24) is 20.9 Å². The van der Waals surface area contributed by atoms with Gasteiger partial charge in [-0.2, -0.15) is 0 Å². The van der Waals surface area contributed by atoms with Gasteiger partial charge in [-0.1, -0.05) is 67.7 Å². The van der Waals surface area contributed by atoms with Crippen molar-refractivity contribution in [3.63, 3.8) is 0 Å². The Morgan fingerprint density at radius 1 is 0.894 bits per heavy atom. The summed E-state index contributed by atoms with van der Waals surface area (Å²) >= 11 is 0. The number of Topliss-reactive ketones (excluding diaryl/α,β-unsaturated/α-hetero) is 1. The van der Waals surface area contributed by atoms with Gasteiger partial charge in [0.2, 0.25) is 17.6 Å². The number of carbonyl (C=O) groups is 5. The Morgan fingerprint density at radius 2 is 1.47 bits per heavy atom. The minimum atomic E-state index is -3.61. The van der Waals surface area contributed by atoms with E-state index in [0.29, 0.717) is 19.3 Å². The molecule has 2 fully saturated rings. The Bertz CT molecular complexity index is 1280. The Labute approximate surface area is 282 Å². The van der Waals surface area contributed by atoms with Crippen LogP contribution in [0.4, 0.5) is 4.79 Å². The first-order chi connectivity index (χ1) is 21.3. The van der Waals surface area contributed by atoms with Crippen LogP contribution in [0, 0.1) is 29.1 Å². The van der Waals surface area contributed by atoms with Crippen LogP contribution in [0.2, 0.25) is 0 Å². The van der Waals surface area contributed by atoms with Crippen LogP contribution in [0.5, 0.6) is 0 Å². The van der Waals surface area contributed by atoms with Crippen molar-refractivity contribution in [1.29, 1.82) is 0 Å². The molecule has 1 saturated heterocycles. The standard InChI is InChI=1S/C34H61N5O7S/c1-20(2)18-34(11,19-47(45,46)33(8,9)10)38-31(44)37-27(32(5,6)7)30(43)39-16-15-23(21(3)4)25(39)29(42)36-24(26(40)28(35)41)17-22-13-12-14-22/h20-25,27H,12-19H2,1-11H3,(H2,35,41)(H,36,42)(H2,37,38,44)/t23?,24?,25-,27-,34-/m0/s1. The summed E-state index contributed by atoms with van der Waals surface area (Å²) in [6.07, 6.45) is 4.07. The Kier molecular flexibility index (Phi) is 13.1. The van der Waals surface area contributed by atoms with E-state index in [1.807, 2.05) is 27.7 Å². The summed E-state index contributed by atoms with van der Waals surface area (Å²) in [5.74, 6) is -3.16. The summed E-state index contributed by atoms with van der Waals surface area (Å²) in [4.78, 5) is 67.9. The predicted octanol–water partition coefficient (Wildman–Crippen LogP) is 3.32. The van der Waals surface area contributed by atoms with E-state index in [1.165, 1.54) is 4.90 Å². The number of rotatable bonds is 14. The third kappa shape index (κ3) is 10.6. The predicted molar refractivity (Wildman–Crippen MR) is 183 cm³/mol. The van der Waals surface area contributed by atoms with Gasteiger partial charge in [-0.15, -0.1) is 0 Å². The SMILES string of the molecule is CC(C)C[C@@](C)(CS(=O)(=O)C(C)(C)C)NC(=O)N[C@@H](C(=O)N1CCC(C(C)C)[C@H]1C(=O)NC(CC1CCC1)C(=O)C(N)=O)C(C)(C)C. The quantitative estimate of drug-likeness (QED) is 0.202. The van der Waals surface area contributed by atoms with Crippen molar-refractivity contribution in [2.45, 2.75) is 143 Å². The van der Waals surface area contributed by atoms with Gasteiger partial charge in [0.25, 0.3) is 5.91 Å². The molecule has 5 atom stereocenters. The number of ketones is 1. The maximum Gasteiger partial charge on any atom is 0.315 e. The van der Waals surface area contributed by atoms with E-state index in [9.17, 15) is 32.4 Å². The van der Waals surface area contributed by atoms with Crippen LogP contribution in [0.25, 0.3) is 0 Å². The van der Waals surface area contributed by atoms with Crippen LogP contribution >= 0.6 is 0 Å². The third-order valence-corrected chi connectivity index (χ3v) is 12.5. The van der Waals surface area contributed by atoms with Crippen LogP contribution in [0.3, 0.4) is 0 Å². The van der Waals surface area contributed by atoms with Crippen molar-refractivity contribution in [2.24, 2.45) is 34.8 Å². The van der Waals surface area contributed by atoms with E-state index in [-0.39, 0.29) is 36.0 Å². The zero-order valence-electron chi connectivity index (χ0n) is 30.5. The molecular formula is C34H61N5O7S. The van der Waals surface area contributed by atoms with Crippen LogP contribution in [0.1, 0.15) is 115 Å². The topological polar surface area (TPSA) is 185 Å². The lowest BCUT2D eigenvalue weighted by Gasteiger charge is -2.39. The number of likely N-dealkylation sites (tertiary alicyclic amines) is 1. The number of nitrogens with two attached hydrogens (primary N) is 1. The molecule has 0 radical (unpaired) electrons. The van der Waals surface area contributed by atoms with E-state index in [2.05, 4.69) is 16.0 Å². The van der Waals surface area contributed by atoms with Crippen molar-refractivity contribution >= 4 is 39.4 Å². The first-order valence-corrected chi connectivity index (χ1v) is 18.7. The number of nitrogens with zero attached hydrogens (tertiary/aromatic N) is 1. The molecule has 5 amide bonds. The number of amides is 5. The fourth-order valence-electron chi connectivity index (χ4n) is 6.76. The Morgan fingerprint density at radius 3 is 1.89 bits per heavy atom. The highest BCUT2D eigenvalue weighted by molar-refractivity contribution is 7.92. The third-order valence-electron chi connectivity index (χ3n) is 9.63. The molecule has 1 aliphatic heterocycles. The molecule has 0 bridgehead atoms. The van der Waals surface area contributed by atoms with E-state index in [1.54, 1.807) is 48.5 Å². The van der Waals surface area contributed by atoms with E-state index in [4.69, 9.17) is 5.73 Å². The van der Waals surface area contributed by atoms with E-state index < -0.39 is 73.2 Å². The van der Waals surface area contributed by atoms with Gasteiger partial charge in [0.1, 0.15) is 12.1 Å². The van der Waals surface area contributed by atoms with Crippen molar-refractivity contribution in [2.75, 3.05) is 12.3 Å². The van der Waals surface area contributed by atoms with Crippen LogP contribution < -0.4 is 21.7 Å². The summed E-state index contributed by atoms with van der Waals surface area (Å²) < 4.78 is 25.4. The molecule has 5 N–H and O–H groups in total. The fraction of sp³-hybridized carbons (Fsp3) is 0.853. The van der Waals surface area contributed by atoms with Crippen LogP contribution in [-0.2, 0) is 29.0 Å².